The van der Waals surface area contributed by atoms with E-state index >= 15 is 0 Å². The predicted octanol–water partition coefficient (Wildman–Crippen LogP) is 12.2. The van der Waals surface area contributed by atoms with Gasteiger partial charge in [0.1, 0.15) is 24.7 Å². The summed E-state index contributed by atoms with van der Waals surface area (Å²) in [5.41, 5.74) is 0. The first kappa shape index (κ1) is 49.4. The lowest BCUT2D eigenvalue weighted by molar-refractivity contribution is -0.870. The smallest absolute Gasteiger partial charge is 0.268 e. The molecule has 0 amide bonds. The van der Waals surface area contributed by atoms with Crippen molar-refractivity contribution in [3.8, 4) is 0 Å². The van der Waals surface area contributed by atoms with E-state index in [9.17, 15) is 19.0 Å². The maximum absolute atomic E-state index is 12.7. The second-order valence-electron chi connectivity index (χ2n) is 16.2. The zero-order valence-corrected chi connectivity index (χ0v) is 34.9. The van der Waals surface area contributed by atoms with Crippen LogP contribution >= 0.6 is 7.82 Å². The fourth-order valence-corrected chi connectivity index (χ4v) is 7.41. The van der Waals surface area contributed by atoms with Gasteiger partial charge in [-0.05, 0) is 25.7 Å². The van der Waals surface area contributed by atoms with Crippen LogP contribution in [0.25, 0.3) is 0 Å². The Hall–Kier alpha value is -0.590. The summed E-state index contributed by atoms with van der Waals surface area (Å²) < 4.78 is 23.8. The van der Waals surface area contributed by atoms with E-state index in [1.807, 2.05) is 21.1 Å². The van der Waals surface area contributed by atoms with Gasteiger partial charge in [-0.25, -0.2) is 0 Å². The number of phosphoric ester groups is 1. The highest BCUT2D eigenvalue weighted by molar-refractivity contribution is 7.45. The van der Waals surface area contributed by atoms with Gasteiger partial charge in [-0.1, -0.05) is 168 Å². The van der Waals surface area contributed by atoms with E-state index in [1.165, 1.54) is 141 Å². The van der Waals surface area contributed by atoms with Crippen LogP contribution in [0.15, 0.2) is 0 Å². The maximum atomic E-state index is 12.7. The predicted molar refractivity (Wildman–Crippen MR) is 210 cm³/mol. The first-order valence-electron chi connectivity index (χ1n) is 21.5. The number of hydrogen-bond acceptors (Lipinski definition) is 6. The van der Waals surface area contributed by atoms with Crippen LogP contribution in [-0.4, -0.2) is 56.4 Å². The number of likely N-dealkylation sites (N-methyl/N-ethyl adjacent to an activating group) is 1. The lowest BCUT2D eigenvalue weighted by Crippen LogP contribution is -2.37. The molecule has 50 heavy (non-hydrogen) atoms. The summed E-state index contributed by atoms with van der Waals surface area (Å²) in [7, 11) is 1.36. The van der Waals surface area contributed by atoms with Crippen LogP contribution in [0.1, 0.15) is 219 Å². The molecule has 0 spiro atoms. The molecule has 0 aliphatic rings. The van der Waals surface area contributed by atoms with Crippen LogP contribution in [0.4, 0.5) is 0 Å². The largest absolute Gasteiger partial charge is 0.756 e. The quantitative estimate of drug-likeness (QED) is 0.0354. The number of Topliss-reactive ketones (excluding diaryl/α,β-unsaturated/α-hetero) is 2. The van der Waals surface area contributed by atoms with Gasteiger partial charge in [-0.3, -0.25) is 14.2 Å². The van der Waals surface area contributed by atoms with Gasteiger partial charge in [0.25, 0.3) is 7.82 Å². The molecule has 0 heterocycles. The molecule has 0 bridgehead atoms. The Kier molecular flexibility index (Phi) is 33.8. The number of carbonyl (C=O) groups is 2. The summed E-state index contributed by atoms with van der Waals surface area (Å²) in [5, 5.41) is 0. The number of nitrogens with zero attached hydrogens (tertiary/aromatic N) is 1. The molecule has 298 valence electrons. The van der Waals surface area contributed by atoms with E-state index in [2.05, 4.69) is 13.8 Å². The molecule has 0 fully saturated rings. The Balaban J connectivity index is 4.33. The highest BCUT2D eigenvalue weighted by Gasteiger charge is 2.21. The average Bonchev–Trinajstić information content (AvgIpc) is 3.05. The minimum absolute atomic E-state index is 0.0347. The van der Waals surface area contributed by atoms with Gasteiger partial charge in [0, 0.05) is 25.7 Å². The Morgan fingerprint density at radius 1 is 0.520 bits per heavy atom. The third kappa shape index (κ3) is 37.2. The van der Waals surface area contributed by atoms with Gasteiger partial charge >= 0.3 is 0 Å². The van der Waals surface area contributed by atoms with Crippen molar-refractivity contribution in [3.63, 3.8) is 0 Å². The summed E-state index contributed by atoms with van der Waals surface area (Å²) in [5.74, 6) is 0.290. The monoisotopic (exact) mass is 730 g/mol. The number of quaternary nitrogens is 1. The Bertz CT molecular complexity index is 784. The first-order valence-corrected chi connectivity index (χ1v) is 22.9. The van der Waals surface area contributed by atoms with E-state index in [1.54, 1.807) is 0 Å². The van der Waals surface area contributed by atoms with Crippen molar-refractivity contribution in [2.45, 2.75) is 225 Å². The summed E-state index contributed by atoms with van der Waals surface area (Å²) >= 11 is 0. The number of carbonyl (C=O) groups excluding carboxylic acids is 2. The fraction of sp³-hybridized carbons (Fsp3) is 0.952. The lowest BCUT2D eigenvalue weighted by atomic mass is 10.00. The number of phosphoric acid groups is 1. The molecule has 0 aromatic heterocycles. The molecule has 1 atom stereocenters. The van der Waals surface area contributed by atoms with Crippen molar-refractivity contribution in [2.24, 2.45) is 0 Å². The van der Waals surface area contributed by atoms with Crippen molar-refractivity contribution < 1.29 is 32.6 Å². The molecule has 8 heteroatoms. The zero-order chi connectivity index (χ0) is 37.2. The number of ketones is 2. The summed E-state index contributed by atoms with van der Waals surface area (Å²) in [4.78, 5) is 38.0. The molecule has 7 nitrogen and oxygen atoms in total. The maximum Gasteiger partial charge on any atom is 0.268 e. The van der Waals surface area contributed by atoms with Crippen molar-refractivity contribution >= 4 is 19.4 Å². The van der Waals surface area contributed by atoms with Crippen molar-refractivity contribution in [3.05, 3.63) is 0 Å². The van der Waals surface area contributed by atoms with Gasteiger partial charge in [0.05, 0.1) is 27.2 Å². The van der Waals surface area contributed by atoms with Crippen LogP contribution in [0.3, 0.4) is 0 Å². The molecule has 1 unspecified atom stereocenters. The standard InChI is InChI=1S/C42H84NO6P/c1-6-8-10-12-14-16-18-20-22-24-26-28-30-32-40(44)34-36-42(49-50(46,47)48-39-38-43(3,4)5)37-35-41(45)33-31-29-27-25-23-21-19-17-15-13-11-9-7-2/h42H,6-39H2,1-5H3. The van der Waals surface area contributed by atoms with Gasteiger partial charge < -0.3 is 18.4 Å². The van der Waals surface area contributed by atoms with Crippen LogP contribution in [0.2, 0.25) is 0 Å². The SMILES string of the molecule is CCCCCCCCCCCCCCCC(=O)CCC(CCC(=O)CCCCCCCCCCCCCCC)OP(=O)([O-])OCC[N+](C)(C)C. The highest BCUT2D eigenvalue weighted by atomic mass is 31.2. The average molecular weight is 730 g/mol. The van der Waals surface area contributed by atoms with Gasteiger partial charge in [0.15, 0.2) is 0 Å². The van der Waals surface area contributed by atoms with Crippen LogP contribution in [0, 0.1) is 0 Å². The Labute approximate surface area is 311 Å². The molecule has 0 saturated carbocycles. The molecular formula is C42H84NO6P. The third-order valence-corrected chi connectivity index (χ3v) is 11.0. The van der Waals surface area contributed by atoms with Gasteiger partial charge in [-0.15, -0.1) is 0 Å². The van der Waals surface area contributed by atoms with Crippen LogP contribution < -0.4 is 4.89 Å². The molecule has 0 radical (unpaired) electrons. The van der Waals surface area contributed by atoms with E-state index in [0.717, 1.165) is 25.7 Å². The molecular weight excluding hydrogens is 645 g/mol. The first-order chi connectivity index (χ1) is 24.0. The molecule has 0 rings (SSSR count). The molecule has 0 aliphatic heterocycles. The fourth-order valence-electron chi connectivity index (χ4n) is 6.46. The highest BCUT2D eigenvalue weighted by Crippen LogP contribution is 2.41. The molecule has 0 aromatic rings. The minimum Gasteiger partial charge on any atom is -0.756 e. The molecule has 0 N–H and O–H groups in total. The number of unbranched alkanes of at least 4 members (excludes halogenated alkanes) is 24. The van der Waals surface area contributed by atoms with Crippen molar-refractivity contribution in [1.29, 1.82) is 0 Å². The van der Waals surface area contributed by atoms with E-state index in [0.29, 0.717) is 36.7 Å². The van der Waals surface area contributed by atoms with Gasteiger partial charge in [-0.2, -0.15) is 0 Å². The van der Waals surface area contributed by atoms with Gasteiger partial charge in [0.2, 0.25) is 0 Å². The number of rotatable bonds is 40. The molecule has 0 aromatic carbocycles. The summed E-state index contributed by atoms with van der Waals surface area (Å²) in [6, 6.07) is 0. The van der Waals surface area contributed by atoms with Crippen LogP contribution in [0.5, 0.6) is 0 Å². The minimum atomic E-state index is -4.54. The zero-order valence-electron chi connectivity index (χ0n) is 34.0. The van der Waals surface area contributed by atoms with E-state index < -0.39 is 13.9 Å². The second-order valence-corrected chi connectivity index (χ2v) is 17.5. The van der Waals surface area contributed by atoms with Crippen molar-refractivity contribution in [1.82, 2.24) is 0 Å². The summed E-state index contributed by atoms with van der Waals surface area (Å²) in [6.07, 6.45) is 34.4. The van der Waals surface area contributed by atoms with Crippen LogP contribution in [-0.2, 0) is 23.2 Å². The normalized spacial score (nSPS) is 13.3. The second kappa shape index (κ2) is 34.2. The van der Waals surface area contributed by atoms with Crippen molar-refractivity contribution in [2.75, 3.05) is 34.3 Å². The lowest BCUT2D eigenvalue weighted by Gasteiger charge is -2.30. The van der Waals surface area contributed by atoms with E-state index in [-0.39, 0.29) is 31.0 Å². The number of hydrogen-bond donors (Lipinski definition) is 0. The Morgan fingerprint density at radius 2 is 0.820 bits per heavy atom. The third-order valence-electron chi connectivity index (χ3n) is 9.90. The molecule has 0 aliphatic carbocycles. The van der Waals surface area contributed by atoms with E-state index in [4.69, 9.17) is 9.05 Å². The topological polar surface area (TPSA) is 92.7 Å². The molecule has 0 saturated heterocycles. The Morgan fingerprint density at radius 3 is 1.12 bits per heavy atom. The summed E-state index contributed by atoms with van der Waals surface area (Å²) in [6.45, 7) is 5.08.